The molecule has 0 atom stereocenters. The van der Waals surface area contributed by atoms with E-state index in [4.69, 9.17) is 5.84 Å². The molecule has 17 heavy (non-hydrogen) atoms. The number of nitrogens with one attached hydrogen (secondary N) is 2. The molecule has 8 heteroatoms. The third-order valence-corrected chi connectivity index (χ3v) is 2.39. The minimum Gasteiger partial charge on any atom is -0.325 e. The quantitative estimate of drug-likeness (QED) is 0.323. The Bertz CT molecular complexity index is 431. The fourth-order valence-electron chi connectivity index (χ4n) is 1.14. The second-order valence-corrected chi connectivity index (χ2v) is 3.94. The molecule has 4 nitrogen and oxygen atoms in total. The van der Waals surface area contributed by atoms with Crippen LogP contribution >= 0.6 is 15.9 Å². The number of hydrazine groups is 1. The first-order chi connectivity index (χ1) is 7.88. The molecule has 0 saturated carbocycles. The summed E-state index contributed by atoms with van der Waals surface area (Å²) in [5.41, 5.74) is 1.23. The van der Waals surface area contributed by atoms with E-state index in [1.165, 1.54) is 19.2 Å². The average molecular weight is 311 g/mol. The molecule has 0 spiro atoms. The maximum absolute atomic E-state index is 12.7. The number of nitrogens with zero attached hydrogens (tertiary/aromatic N) is 1. The van der Waals surface area contributed by atoms with Crippen LogP contribution in [0.1, 0.15) is 5.56 Å². The lowest BCUT2D eigenvalue weighted by atomic mass is 10.1. The van der Waals surface area contributed by atoms with Gasteiger partial charge in [0.05, 0.1) is 11.3 Å². The standard InChI is InChI=1S/C9H10BrF3N4/c1-15-8(17-14)16-7-3-2-5(10)4-6(7)9(11,12)13/h2-4H,14H2,1H3,(H2,15,16,17). The highest BCUT2D eigenvalue weighted by Gasteiger charge is 2.33. The van der Waals surface area contributed by atoms with Crippen LogP contribution in [0.5, 0.6) is 0 Å². The Morgan fingerprint density at radius 3 is 2.53 bits per heavy atom. The van der Waals surface area contributed by atoms with Gasteiger partial charge in [0.25, 0.3) is 0 Å². The number of benzene rings is 1. The number of hydrogen-bond donors (Lipinski definition) is 3. The lowest BCUT2D eigenvalue weighted by Gasteiger charge is -2.15. The highest BCUT2D eigenvalue weighted by Crippen LogP contribution is 2.36. The van der Waals surface area contributed by atoms with E-state index in [1.807, 2.05) is 0 Å². The predicted molar refractivity (Wildman–Crippen MR) is 63.4 cm³/mol. The fraction of sp³-hybridized carbons (Fsp3) is 0.222. The molecule has 0 saturated heterocycles. The second-order valence-electron chi connectivity index (χ2n) is 3.03. The molecule has 0 heterocycles. The van der Waals surface area contributed by atoms with Crippen LogP contribution in [-0.4, -0.2) is 13.0 Å². The van der Waals surface area contributed by atoms with Crippen LogP contribution in [0.3, 0.4) is 0 Å². The molecule has 1 rings (SSSR count). The third kappa shape index (κ3) is 3.60. The Labute approximate surface area is 104 Å². The lowest BCUT2D eigenvalue weighted by molar-refractivity contribution is -0.136. The number of hydrogen-bond acceptors (Lipinski definition) is 2. The van der Waals surface area contributed by atoms with Gasteiger partial charge in [0.15, 0.2) is 0 Å². The molecule has 0 aliphatic carbocycles. The second kappa shape index (κ2) is 5.37. The molecule has 4 N–H and O–H groups in total. The highest BCUT2D eigenvalue weighted by atomic mass is 79.9. The van der Waals surface area contributed by atoms with Crippen molar-refractivity contribution in [3.05, 3.63) is 28.2 Å². The number of guanidine groups is 1. The van der Waals surface area contributed by atoms with E-state index in [2.05, 4.69) is 31.7 Å². The molecule has 0 fully saturated rings. The number of anilines is 1. The summed E-state index contributed by atoms with van der Waals surface area (Å²) >= 11 is 2.99. The molecule has 0 unspecified atom stereocenters. The van der Waals surface area contributed by atoms with Crippen LogP contribution in [0.4, 0.5) is 18.9 Å². The Morgan fingerprint density at radius 1 is 1.41 bits per heavy atom. The zero-order valence-corrected chi connectivity index (χ0v) is 10.4. The fourth-order valence-corrected chi connectivity index (χ4v) is 1.51. The smallest absolute Gasteiger partial charge is 0.325 e. The first kappa shape index (κ1) is 13.8. The zero-order chi connectivity index (χ0) is 13.1. The zero-order valence-electron chi connectivity index (χ0n) is 8.77. The van der Waals surface area contributed by atoms with E-state index >= 15 is 0 Å². The van der Waals surface area contributed by atoms with Crippen molar-refractivity contribution in [2.45, 2.75) is 6.18 Å². The Balaban J connectivity index is 3.16. The molecule has 0 aliphatic rings. The van der Waals surface area contributed by atoms with Gasteiger partial charge in [-0.15, -0.1) is 0 Å². The lowest BCUT2D eigenvalue weighted by Crippen LogP contribution is -2.36. The average Bonchev–Trinajstić information content (AvgIpc) is 2.26. The van der Waals surface area contributed by atoms with E-state index in [9.17, 15) is 13.2 Å². The van der Waals surface area contributed by atoms with Gasteiger partial charge in [0.2, 0.25) is 5.96 Å². The third-order valence-electron chi connectivity index (χ3n) is 1.90. The normalized spacial score (nSPS) is 12.5. The molecule has 0 amide bonds. The van der Waals surface area contributed by atoms with Gasteiger partial charge in [-0.25, -0.2) is 5.84 Å². The van der Waals surface area contributed by atoms with Gasteiger partial charge in [-0.1, -0.05) is 15.9 Å². The Kier molecular flexibility index (Phi) is 4.35. The number of nitrogens with two attached hydrogens (primary N) is 1. The first-order valence-corrected chi connectivity index (χ1v) is 5.25. The van der Waals surface area contributed by atoms with Crippen LogP contribution in [0, 0.1) is 0 Å². The van der Waals surface area contributed by atoms with Crippen LogP contribution in [0.15, 0.2) is 27.7 Å². The van der Waals surface area contributed by atoms with Crippen molar-refractivity contribution in [2.75, 3.05) is 12.4 Å². The molecule has 1 aromatic carbocycles. The molecule has 0 bridgehead atoms. The van der Waals surface area contributed by atoms with E-state index < -0.39 is 11.7 Å². The number of rotatable bonds is 1. The molecular formula is C9H10BrF3N4. The Morgan fingerprint density at radius 2 is 2.06 bits per heavy atom. The summed E-state index contributed by atoms with van der Waals surface area (Å²) in [5.74, 6) is 5.13. The minimum absolute atomic E-state index is 0.0397. The summed E-state index contributed by atoms with van der Waals surface area (Å²) in [6.45, 7) is 0. The van der Waals surface area contributed by atoms with Crippen molar-refractivity contribution in [2.24, 2.45) is 10.8 Å². The summed E-state index contributed by atoms with van der Waals surface area (Å²) in [6, 6.07) is 3.75. The predicted octanol–water partition coefficient (Wildman–Crippen LogP) is 2.33. The van der Waals surface area contributed by atoms with E-state index in [-0.39, 0.29) is 11.6 Å². The van der Waals surface area contributed by atoms with Crippen molar-refractivity contribution >= 4 is 27.6 Å². The molecular weight excluding hydrogens is 301 g/mol. The van der Waals surface area contributed by atoms with Gasteiger partial charge >= 0.3 is 6.18 Å². The Hall–Kier alpha value is -1.28. The highest BCUT2D eigenvalue weighted by molar-refractivity contribution is 9.10. The van der Waals surface area contributed by atoms with Gasteiger partial charge in [0, 0.05) is 11.5 Å². The van der Waals surface area contributed by atoms with Gasteiger partial charge in [-0.3, -0.25) is 10.4 Å². The van der Waals surface area contributed by atoms with Gasteiger partial charge < -0.3 is 5.32 Å². The van der Waals surface area contributed by atoms with E-state index in [1.54, 1.807) is 0 Å². The minimum atomic E-state index is -4.46. The monoisotopic (exact) mass is 310 g/mol. The molecule has 94 valence electrons. The SMILES string of the molecule is CN=C(NN)Nc1ccc(Br)cc1C(F)(F)F. The van der Waals surface area contributed by atoms with Gasteiger partial charge in [-0.2, -0.15) is 13.2 Å². The topological polar surface area (TPSA) is 62.4 Å². The van der Waals surface area contributed by atoms with E-state index in [0.717, 1.165) is 6.07 Å². The molecule has 0 aromatic heterocycles. The maximum atomic E-state index is 12.7. The summed E-state index contributed by atoms with van der Waals surface area (Å²) in [5, 5.41) is 2.45. The number of halogens is 4. The summed E-state index contributed by atoms with van der Waals surface area (Å²) in [4.78, 5) is 3.64. The van der Waals surface area contributed by atoms with Crippen molar-refractivity contribution < 1.29 is 13.2 Å². The molecule has 1 aromatic rings. The van der Waals surface area contributed by atoms with Crippen LogP contribution in [-0.2, 0) is 6.18 Å². The van der Waals surface area contributed by atoms with Crippen LogP contribution < -0.4 is 16.6 Å². The van der Waals surface area contributed by atoms with Crippen molar-refractivity contribution in [3.63, 3.8) is 0 Å². The van der Waals surface area contributed by atoms with E-state index in [0.29, 0.717) is 4.47 Å². The number of aliphatic imine (C=N–C) groups is 1. The van der Waals surface area contributed by atoms with Crippen molar-refractivity contribution in [1.82, 2.24) is 5.43 Å². The van der Waals surface area contributed by atoms with Gasteiger partial charge in [-0.05, 0) is 18.2 Å². The molecule has 0 aliphatic heterocycles. The van der Waals surface area contributed by atoms with Crippen molar-refractivity contribution in [3.8, 4) is 0 Å². The summed E-state index contributed by atoms with van der Waals surface area (Å²) < 4.78 is 38.5. The molecule has 0 radical (unpaired) electrons. The summed E-state index contributed by atoms with van der Waals surface area (Å²) in [7, 11) is 1.40. The first-order valence-electron chi connectivity index (χ1n) is 4.45. The summed E-state index contributed by atoms with van der Waals surface area (Å²) in [6.07, 6.45) is -4.46. The van der Waals surface area contributed by atoms with Gasteiger partial charge in [0.1, 0.15) is 0 Å². The van der Waals surface area contributed by atoms with Crippen molar-refractivity contribution in [1.29, 1.82) is 0 Å². The largest absolute Gasteiger partial charge is 0.418 e. The number of alkyl halides is 3. The van der Waals surface area contributed by atoms with Crippen LogP contribution in [0.25, 0.3) is 0 Å². The maximum Gasteiger partial charge on any atom is 0.418 e. The van der Waals surface area contributed by atoms with Crippen LogP contribution in [0.2, 0.25) is 0 Å².